The van der Waals surface area contributed by atoms with Crippen molar-refractivity contribution in [3.63, 3.8) is 0 Å². The third kappa shape index (κ3) is 2.92. The van der Waals surface area contributed by atoms with Gasteiger partial charge < -0.3 is 5.11 Å². The van der Waals surface area contributed by atoms with Gasteiger partial charge in [0.15, 0.2) is 11.6 Å². The summed E-state index contributed by atoms with van der Waals surface area (Å²) in [5.74, 6) is -0.943. The molecule has 0 amide bonds. The number of hydrogen-bond donors (Lipinski definition) is 1. The minimum absolute atomic E-state index is 0.0141. The summed E-state index contributed by atoms with van der Waals surface area (Å²) in [4.78, 5) is 24.3. The Hall–Kier alpha value is -1.07. The summed E-state index contributed by atoms with van der Waals surface area (Å²) in [6, 6.07) is 0. The van der Waals surface area contributed by atoms with Crippen molar-refractivity contribution in [2.45, 2.75) is 64.9 Å². The van der Waals surface area contributed by atoms with E-state index < -0.39 is 28.8 Å². The van der Waals surface area contributed by atoms with Gasteiger partial charge in [-0.3, -0.25) is 9.59 Å². The second-order valence-electron chi connectivity index (χ2n) is 9.43. The van der Waals surface area contributed by atoms with Crippen LogP contribution in [0.5, 0.6) is 0 Å². The molecule has 1 N–H and O–H groups in total. The maximum absolute atomic E-state index is 16.6. The third-order valence-corrected chi connectivity index (χ3v) is 8.09. The molecule has 3 nitrogen and oxygen atoms in total. The van der Waals surface area contributed by atoms with Crippen molar-refractivity contribution in [3.8, 4) is 0 Å². The molecule has 0 spiro atoms. The summed E-state index contributed by atoms with van der Waals surface area (Å²) in [5, 5.41) is 11.0. The number of carbonyl (C=O) groups is 2. The molecule has 3 rings (SSSR count). The summed E-state index contributed by atoms with van der Waals surface area (Å²) in [6.45, 7) is 6.76. The minimum atomic E-state index is -2.13. The van der Waals surface area contributed by atoms with Crippen LogP contribution in [0.4, 0.5) is 8.78 Å². The first-order chi connectivity index (χ1) is 12.9. The molecule has 0 aromatic heterocycles. The lowest BCUT2D eigenvalue weighted by atomic mass is 9.52. The van der Waals surface area contributed by atoms with Crippen molar-refractivity contribution in [2.24, 2.45) is 28.6 Å². The van der Waals surface area contributed by atoms with Gasteiger partial charge in [0.1, 0.15) is 11.8 Å². The van der Waals surface area contributed by atoms with Gasteiger partial charge in [-0.1, -0.05) is 19.9 Å². The van der Waals surface area contributed by atoms with Crippen molar-refractivity contribution in [3.05, 3.63) is 23.8 Å². The maximum Gasteiger partial charge on any atom is 0.178 e. The number of ketones is 2. The maximum atomic E-state index is 16.6. The molecule has 0 saturated heterocycles. The Balaban J connectivity index is 2.02. The number of aliphatic hydroxyl groups excluding tert-OH is 1. The molecule has 0 bridgehead atoms. The predicted octanol–water partition coefficient (Wildman–Crippen LogP) is 4.37. The van der Waals surface area contributed by atoms with E-state index in [1.165, 1.54) is 19.1 Å². The minimum Gasteiger partial charge on any atom is -0.390 e. The van der Waals surface area contributed by atoms with Gasteiger partial charge in [0.05, 0.1) is 12.0 Å². The summed E-state index contributed by atoms with van der Waals surface area (Å²) in [6.07, 6.45) is 1.71. The average molecular weight is 415 g/mol. The van der Waals surface area contributed by atoms with Gasteiger partial charge in [0.25, 0.3) is 0 Å². The monoisotopic (exact) mass is 414 g/mol. The second-order valence-corrected chi connectivity index (χ2v) is 9.70. The first-order valence-corrected chi connectivity index (χ1v) is 10.5. The van der Waals surface area contributed by atoms with Crippen LogP contribution in [0.2, 0.25) is 0 Å². The largest absolute Gasteiger partial charge is 0.390 e. The fourth-order valence-corrected chi connectivity index (χ4v) is 6.54. The molecule has 6 heteroatoms. The molecule has 8 atom stereocenters. The number of allylic oxidation sites excluding steroid dienone is 4. The lowest BCUT2D eigenvalue weighted by Gasteiger charge is -2.55. The number of alkyl halides is 3. The molecule has 0 aliphatic heterocycles. The summed E-state index contributed by atoms with van der Waals surface area (Å²) in [7, 11) is 0. The highest BCUT2D eigenvalue weighted by Crippen LogP contribution is 2.64. The molecule has 2 saturated carbocycles. The zero-order valence-electron chi connectivity index (χ0n) is 16.8. The Morgan fingerprint density at radius 3 is 2.61 bits per heavy atom. The van der Waals surface area contributed by atoms with Crippen LogP contribution >= 0.6 is 11.6 Å². The van der Waals surface area contributed by atoms with E-state index in [4.69, 9.17) is 11.6 Å². The van der Waals surface area contributed by atoms with Gasteiger partial charge in [0.2, 0.25) is 0 Å². The molecular weight excluding hydrogens is 386 g/mol. The second kappa shape index (κ2) is 7.02. The van der Waals surface area contributed by atoms with E-state index in [2.05, 4.69) is 0 Å². The number of halogens is 3. The highest BCUT2D eigenvalue weighted by atomic mass is 35.5. The Morgan fingerprint density at radius 2 is 2.04 bits per heavy atom. The quantitative estimate of drug-likeness (QED) is 0.695. The van der Waals surface area contributed by atoms with Crippen LogP contribution in [0.1, 0.15) is 47.0 Å². The molecule has 28 heavy (non-hydrogen) atoms. The van der Waals surface area contributed by atoms with E-state index in [0.29, 0.717) is 6.42 Å². The Kier molecular flexibility index (Phi) is 5.42. The van der Waals surface area contributed by atoms with Crippen molar-refractivity contribution >= 4 is 23.2 Å². The number of aliphatic hydroxyl groups is 1. The smallest absolute Gasteiger partial charge is 0.178 e. The molecule has 0 heterocycles. The van der Waals surface area contributed by atoms with Crippen molar-refractivity contribution in [2.75, 3.05) is 5.88 Å². The Bertz CT molecular complexity index is 748. The summed E-state index contributed by atoms with van der Waals surface area (Å²) >= 11 is 5.82. The highest BCUT2D eigenvalue weighted by Gasteiger charge is 2.66. The van der Waals surface area contributed by atoms with Crippen LogP contribution in [0.15, 0.2) is 23.8 Å². The molecule has 3 aliphatic carbocycles. The molecular formula is C22H29ClF2O3. The molecule has 156 valence electrons. The van der Waals surface area contributed by atoms with Crippen LogP contribution in [0.3, 0.4) is 0 Å². The zero-order valence-corrected chi connectivity index (χ0v) is 17.6. The van der Waals surface area contributed by atoms with Gasteiger partial charge in [-0.15, -0.1) is 11.6 Å². The molecule has 3 aliphatic rings. The normalized spacial score (nSPS) is 46.9. The van der Waals surface area contributed by atoms with E-state index in [9.17, 15) is 19.1 Å². The molecule has 2 fully saturated rings. The highest BCUT2D eigenvalue weighted by molar-refractivity contribution is 6.28. The van der Waals surface area contributed by atoms with Gasteiger partial charge in [-0.25, -0.2) is 8.78 Å². The summed E-state index contributed by atoms with van der Waals surface area (Å²) in [5.41, 5.74) is -4.03. The van der Waals surface area contributed by atoms with Crippen LogP contribution in [-0.2, 0) is 9.59 Å². The van der Waals surface area contributed by atoms with Crippen LogP contribution in [-0.4, -0.2) is 40.5 Å². The standard InChI is InChI=1S/C22H29ClF2O3/c1-12-7-14-9-22(25,18(28)10-20(14,3)19(12)17(27)11-23)21(4)6-5-15(26)8-16(21)13(2)24/h5-6,8,12-14,18-19,28H,7,9-11H2,1-4H3/t12?,13-,14?,18?,19?,20?,21?,22-/m0/s1. The topological polar surface area (TPSA) is 54.4 Å². The molecule has 0 radical (unpaired) electrons. The predicted molar refractivity (Wildman–Crippen MR) is 105 cm³/mol. The summed E-state index contributed by atoms with van der Waals surface area (Å²) < 4.78 is 31.0. The fraction of sp³-hybridized carbons (Fsp3) is 0.727. The van der Waals surface area contributed by atoms with E-state index in [0.717, 1.165) is 6.08 Å². The van der Waals surface area contributed by atoms with Crippen LogP contribution in [0.25, 0.3) is 0 Å². The van der Waals surface area contributed by atoms with E-state index in [1.54, 1.807) is 6.92 Å². The van der Waals surface area contributed by atoms with Crippen LogP contribution in [0, 0.1) is 28.6 Å². The van der Waals surface area contributed by atoms with Crippen molar-refractivity contribution in [1.29, 1.82) is 0 Å². The zero-order chi connectivity index (χ0) is 21.1. The number of fused-ring (bicyclic) bond motifs is 1. The molecule has 0 aromatic carbocycles. The third-order valence-electron chi connectivity index (χ3n) is 7.82. The number of hydrogen-bond acceptors (Lipinski definition) is 3. The molecule has 0 aromatic rings. The first-order valence-electron chi connectivity index (χ1n) is 9.95. The molecule has 6 unspecified atom stereocenters. The Morgan fingerprint density at radius 1 is 1.39 bits per heavy atom. The van der Waals surface area contributed by atoms with Gasteiger partial charge in [-0.2, -0.15) is 0 Å². The fourth-order valence-electron chi connectivity index (χ4n) is 6.37. The lowest BCUT2D eigenvalue weighted by molar-refractivity contribution is -0.152. The van der Waals surface area contributed by atoms with Crippen LogP contribution < -0.4 is 0 Å². The lowest BCUT2D eigenvalue weighted by Crippen LogP contribution is -2.60. The van der Waals surface area contributed by atoms with Gasteiger partial charge in [0, 0.05) is 11.3 Å². The Labute approximate surface area is 170 Å². The SMILES string of the molecule is CC1CC2C[C@@](F)(C3(C)C=CC(=O)C=C3[C@H](C)F)C(O)CC2(C)C1C(=O)CCl. The van der Waals surface area contributed by atoms with Crippen molar-refractivity contribution < 1.29 is 23.5 Å². The number of carbonyl (C=O) groups excluding carboxylic acids is 2. The van der Waals surface area contributed by atoms with E-state index in [-0.39, 0.29) is 53.6 Å². The van der Waals surface area contributed by atoms with Crippen molar-refractivity contribution in [1.82, 2.24) is 0 Å². The van der Waals surface area contributed by atoms with Gasteiger partial charge in [-0.05, 0) is 68.1 Å². The van der Waals surface area contributed by atoms with Gasteiger partial charge >= 0.3 is 0 Å². The number of rotatable bonds is 4. The first kappa shape index (κ1) is 21.6. The number of Topliss-reactive ketones (excluding diaryl/α,β-unsaturated/α-hetero) is 1. The average Bonchev–Trinajstić information content (AvgIpc) is 2.85. The van der Waals surface area contributed by atoms with E-state index in [1.807, 2.05) is 13.8 Å². The van der Waals surface area contributed by atoms with E-state index >= 15 is 4.39 Å².